The zero-order valence-corrected chi connectivity index (χ0v) is 10.4. The Labute approximate surface area is 102 Å². The molecule has 1 aromatic carbocycles. The Morgan fingerprint density at radius 2 is 2.29 bits per heavy atom. The highest BCUT2D eigenvalue weighted by Gasteiger charge is 2.29. The molecule has 0 saturated carbocycles. The predicted molar refractivity (Wildman–Crippen MR) is 66.8 cm³/mol. The van der Waals surface area contributed by atoms with Gasteiger partial charge in [0.15, 0.2) is 0 Å². The van der Waals surface area contributed by atoms with E-state index in [0.717, 1.165) is 25.3 Å². The molecule has 0 unspecified atom stereocenters. The van der Waals surface area contributed by atoms with E-state index in [1.54, 1.807) is 0 Å². The van der Waals surface area contributed by atoms with Crippen LogP contribution in [0.25, 0.3) is 0 Å². The van der Waals surface area contributed by atoms with E-state index in [9.17, 15) is 0 Å². The molecule has 3 heteroatoms. The van der Waals surface area contributed by atoms with Gasteiger partial charge < -0.3 is 10.1 Å². The Kier molecular flexibility index (Phi) is 3.35. The van der Waals surface area contributed by atoms with Crippen LogP contribution in [-0.2, 0) is 13.0 Å². The van der Waals surface area contributed by atoms with Gasteiger partial charge in [-0.05, 0) is 31.0 Å². The van der Waals surface area contributed by atoms with E-state index < -0.39 is 0 Å². The molecule has 1 aromatic rings. The predicted octanol–water partition coefficient (Wildman–Crippen LogP) is 2.40. The molecule has 0 atom stereocenters. The molecule has 0 aromatic heterocycles. The second-order valence-corrected chi connectivity index (χ2v) is 5.07. The number of ether oxygens (including phenoxy) is 1. The van der Waals surface area contributed by atoms with Crippen molar-refractivity contribution in [2.24, 2.45) is 0 Å². The Morgan fingerprint density at radius 3 is 3.06 bits per heavy atom. The third-order valence-electron chi connectivity index (χ3n) is 2.87. The molecule has 1 heterocycles. The van der Waals surface area contributed by atoms with Crippen LogP contribution in [0.15, 0.2) is 18.2 Å². The molecule has 1 aliphatic heterocycles. The average Bonchev–Trinajstić information content (AvgIpc) is 2.57. The summed E-state index contributed by atoms with van der Waals surface area (Å²) in [5, 5.41) is 11.7. The summed E-state index contributed by atoms with van der Waals surface area (Å²) in [5.74, 6) is 1.01. The van der Waals surface area contributed by atoms with Gasteiger partial charge in [-0.3, -0.25) is 0 Å². The normalized spacial score (nSPS) is 16.1. The third kappa shape index (κ3) is 2.98. The fourth-order valence-corrected chi connectivity index (χ4v) is 2.15. The minimum absolute atomic E-state index is 0.0742. The van der Waals surface area contributed by atoms with Crippen LogP contribution >= 0.6 is 0 Å². The molecule has 1 aliphatic rings. The van der Waals surface area contributed by atoms with Crippen LogP contribution in [0.4, 0.5) is 0 Å². The van der Waals surface area contributed by atoms with Crippen molar-refractivity contribution in [3.63, 3.8) is 0 Å². The maximum absolute atomic E-state index is 8.44. The molecule has 2 rings (SSSR count). The summed E-state index contributed by atoms with van der Waals surface area (Å²) in [6.07, 6.45) is 1.52. The quantitative estimate of drug-likeness (QED) is 0.808. The van der Waals surface area contributed by atoms with E-state index in [1.807, 2.05) is 6.07 Å². The Hall–Kier alpha value is -1.53. The summed E-state index contributed by atoms with van der Waals surface area (Å²) in [4.78, 5) is 0. The topological polar surface area (TPSA) is 45.0 Å². The maximum Gasteiger partial charge on any atom is 0.123 e. The van der Waals surface area contributed by atoms with Gasteiger partial charge in [0, 0.05) is 25.9 Å². The van der Waals surface area contributed by atoms with Gasteiger partial charge in [-0.2, -0.15) is 5.26 Å². The first-order valence-electron chi connectivity index (χ1n) is 5.99. The first-order valence-corrected chi connectivity index (χ1v) is 5.99. The number of nitrogens with zero attached hydrogens (tertiary/aromatic N) is 1. The van der Waals surface area contributed by atoms with Crippen molar-refractivity contribution < 1.29 is 4.74 Å². The first kappa shape index (κ1) is 11.9. The standard InChI is InChI=1S/C14H18N2O/c1-14(2)9-12-8-11(4-5-13(12)17-14)10-16-7-3-6-15/h4-5,8,16H,3,7,9-10H2,1-2H3. The zero-order valence-electron chi connectivity index (χ0n) is 10.4. The Balaban J connectivity index is 1.97. The monoisotopic (exact) mass is 230 g/mol. The van der Waals surface area contributed by atoms with Gasteiger partial charge in [0.05, 0.1) is 6.07 Å². The highest BCUT2D eigenvalue weighted by molar-refractivity contribution is 5.41. The van der Waals surface area contributed by atoms with Crippen molar-refractivity contribution >= 4 is 0 Å². The second-order valence-electron chi connectivity index (χ2n) is 5.07. The fraction of sp³-hybridized carbons (Fsp3) is 0.500. The first-order chi connectivity index (χ1) is 8.11. The molecule has 1 N–H and O–H groups in total. The van der Waals surface area contributed by atoms with Crippen molar-refractivity contribution in [2.45, 2.75) is 38.8 Å². The van der Waals surface area contributed by atoms with Gasteiger partial charge >= 0.3 is 0 Å². The lowest BCUT2D eigenvalue weighted by molar-refractivity contribution is 0.138. The van der Waals surface area contributed by atoms with Crippen LogP contribution < -0.4 is 10.1 Å². The molecule has 0 spiro atoms. The van der Waals surface area contributed by atoms with E-state index in [2.05, 4.69) is 37.4 Å². The molecular formula is C14H18N2O. The van der Waals surface area contributed by atoms with Gasteiger partial charge in [-0.15, -0.1) is 0 Å². The molecule has 0 radical (unpaired) electrons. The molecule has 90 valence electrons. The lowest BCUT2D eigenvalue weighted by Crippen LogP contribution is -2.24. The van der Waals surface area contributed by atoms with Crippen molar-refractivity contribution in [2.75, 3.05) is 6.54 Å². The van der Waals surface area contributed by atoms with Crippen LogP contribution in [0.5, 0.6) is 5.75 Å². The highest BCUT2D eigenvalue weighted by atomic mass is 16.5. The van der Waals surface area contributed by atoms with Crippen LogP contribution in [0.1, 0.15) is 31.4 Å². The molecule has 17 heavy (non-hydrogen) atoms. The molecule has 0 amide bonds. The van der Waals surface area contributed by atoms with E-state index in [1.165, 1.54) is 11.1 Å². The van der Waals surface area contributed by atoms with Crippen LogP contribution in [-0.4, -0.2) is 12.1 Å². The summed E-state index contributed by atoms with van der Waals surface area (Å²) in [7, 11) is 0. The molecule has 0 saturated heterocycles. The van der Waals surface area contributed by atoms with Crippen molar-refractivity contribution in [3.05, 3.63) is 29.3 Å². The molecule has 0 bridgehead atoms. The Morgan fingerprint density at radius 1 is 1.47 bits per heavy atom. The van der Waals surface area contributed by atoms with E-state index in [4.69, 9.17) is 10.00 Å². The van der Waals surface area contributed by atoms with Gasteiger partial charge in [-0.1, -0.05) is 12.1 Å². The SMILES string of the molecule is CC1(C)Cc2cc(CNCCC#N)ccc2O1. The molecule has 0 fully saturated rings. The zero-order chi connectivity index (χ0) is 12.3. The lowest BCUT2D eigenvalue weighted by atomic mass is 10.0. The Bertz CT molecular complexity index is 446. The van der Waals surface area contributed by atoms with E-state index in [-0.39, 0.29) is 5.60 Å². The number of hydrogen-bond donors (Lipinski definition) is 1. The van der Waals surface area contributed by atoms with Crippen LogP contribution in [0.2, 0.25) is 0 Å². The molecular weight excluding hydrogens is 212 g/mol. The molecule has 0 aliphatic carbocycles. The number of nitrogens with one attached hydrogen (secondary N) is 1. The summed E-state index contributed by atoms with van der Waals surface area (Å²) >= 11 is 0. The maximum atomic E-state index is 8.44. The number of fused-ring (bicyclic) bond motifs is 1. The van der Waals surface area contributed by atoms with Crippen molar-refractivity contribution in [1.82, 2.24) is 5.32 Å². The average molecular weight is 230 g/mol. The van der Waals surface area contributed by atoms with Crippen LogP contribution in [0, 0.1) is 11.3 Å². The van der Waals surface area contributed by atoms with Gasteiger partial charge in [-0.25, -0.2) is 0 Å². The van der Waals surface area contributed by atoms with E-state index >= 15 is 0 Å². The van der Waals surface area contributed by atoms with Crippen molar-refractivity contribution in [3.8, 4) is 11.8 Å². The van der Waals surface area contributed by atoms with Gasteiger partial charge in [0.1, 0.15) is 11.4 Å². The number of nitriles is 1. The van der Waals surface area contributed by atoms with Crippen LogP contribution in [0.3, 0.4) is 0 Å². The highest BCUT2D eigenvalue weighted by Crippen LogP contribution is 2.35. The van der Waals surface area contributed by atoms with Gasteiger partial charge in [0.2, 0.25) is 0 Å². The fourth-order valence-electron chi connectivity index (χ4n) is 2.15. The minimum Gasteiger partial charge on any atom is -0.487 e. The summed E-state index contributed by atoms with van der Waals surface area (Å²) < 4.78 is 5.83. The largest absolute Gasteiger partial charge is 0.487 e. The second kappa shape index (κ2) is 4.77. The molecule has 3 nitrogen and oxygen atoms in total. The van der Waals surface area contributed by atoms with Crippen molar-refractivity contribution in [1.29, 1.82) is 5.26 Å². The summed E-state index contributed by atoms with van der Waals surface area (Å²) in [6, 6.07) is 8.45. The lowest BCUT2D eigenvalue weighted by Gasteiger charge is -2.16. The van der Waals surface area contributed by atoms with Gasteiger partial charge in [0.25, 0.3) is 0 Å². The number of hydrogen-bond acceptors (Lipinski definition) is 3. The minimum atomic E-state index is -0.0742. The van der Waals surface area contributed by atoms with E-state index in [0.29, 0.717) is 6.42 Å². The third-order valence-corrected chi connectivity index (χ3v) is 2.87. The summed E-state index contributed by atoms with van der Waals surface area (Å²) in [5.41, 5.74) is 2.47. The number of benzene rings is 1. The number of rotatable bonds is 4. The smallest absolute Gasteiger partial charge is 0.123 e. The summed E-state index contributed by atoms with van der Waals surface area (Å²) in [6.45, 7) is 5.78.